The first-order valence-corrected chi connectivity index (χ1v) is 7.37. The lowest BCUT2D eigenvalue weighted by atomic mass is 10.1. The molecule has 0 bridgehead atoms. The van der Waals surface area contributed by atoms with Crippen LogP contribution in [0.4, 0.5) is 5.69 Å². The summed E-state index contributed by atoms with van der Waals surface area (Å²) in [6, 6.07) is 7.46. The van der Waals surface area contributed by atoms with Crippen molar-refractivity contribution < 1.29 is 13.2 Å². The van der Waals surface area contributed by atoms with Crippen molar-refractivity contribution in [3.05, 3.63) is 29.8 Å². The minimum atomic E-state index is -3.00. The standard InChI is InChI=1S/C12H15NO3S/c1-9-4-2-3-5-11(9)13-12(14)10-6-7-17(15,16)8-10/h2-5,10H,6-8H2,1H3,(H,13,14)/t10-/m1/s1. The van der Waals surface area contributed by atoms with Crippen LogP contribution in [-0.2, 0) is 14.6 Å². The Morgan fingerprint density at radius 1 is 1.35 bits per heavy atom. The van der Waals surface area contributed by atoms with Crippen LogP contribution in [0.1, 0.15) is 12.0 Å². The van der Waals surface area contributed by atoms with E-state index in [9.17, 15) is 13.2 Å². The SMILES string of the molecule is Cc1ccccc1NC(=O)[C@@H]1CCS(=O)(=O)C1. The first-order valence-electron chi connectivity index (χ1n) is 5.55. The third kappa shape index (κ3) is 2.85. The van der Waals surface area contributed by atoms with Crippen molar-refractivity contribution in [1.82, 2.24) is 0 Å². The summed E-state index contributed by atoms with van der Waals surface area (Å²) in [6.45, 7) is 1.90. The lowest BCUT2D eigenvalue weighted by Gasteiger charge is -2.11. The number of hydrogen-bond donors (Lipinski definition) is 1. The molecule has 5 heteroatoms. The summed E-state index contributed by atoms with van der Waals surface area (Å²) in [6.07, 6.45) is 0.431. The van der Waals surface area contributed by atoms with Crippen molar-refractivity contribution in [1.29, 1.82) is 0 Å². The molecular weight excluding hydrogens is 238 g/mol. The van der Waals surface area contributed by atoms with Gasteiger partial charge in [-0.15, -0.1) is 0 Å². The Bertz CT molecular complexity index is 536. The number of hydrogen-bond acceptors (Lipinski definition) is 3. The second-order valence-electron chi connectivity index (χ2n) is 4.40. The Morgan fingerprint density at radius 2 is 2.06 bits per heavy atom. The average Bonchev–Trinajstić information content (AvgIpc) is 2.62. The first-order chi connectivity index (χ1) is 7.98. The highest BCUT2D eigenvalue weighted by Crippen LogP contribution is 2.21. The van der Waals surface area contributed by atoms with E-state index in [1.165, 1.54) is 0 Å². The van der Waals surface area contributed by atoms with E-state index in [0.717, 1.165) is 11.3 Å². The molecule has 92 valence electrons. The maximum atomic E-state index is 11.9. The topological polar surface area (TPSA) is 63.2 Å². The molecule has 1 aliphatic heterocycles. The molecular formula is C12H15NO3S. The third-order valence-corrected chi connectivity index (χ3v) is 4.77. The Labute approximate surface area is 101 Å². The molecule has 1 fully saturated rings. The molecule has 0 unspecified atom stereocenters. The predicted molar refractivity (Wildman–Crippen MR) is 66.6 cm³/mol. The molecule has 0 radical (unpaired) electrons. The van der Waals surface area contributed by atoms with Crippen LogP contribution >= 0.6 is 0 Å². The molecule has 0 saturated carbocycles. The fourth-order valence-corrected chi connectivity index (χ4v) is 3.69. The minimum absolute atomic E-state index is 0.0231. The van der Waals surface area contributed by atoms with Gasteiger partial charge < -0.3 is 5.32 Å². The zero-order valence-electron chi connectivity index (χ0n) is 9.64. The zero-order valence-corrected chi connectivity index (χ0v) is 10.5. The van der Waals surface area contributed by atoms with Crippen LogP contribution in [-0.4, -0.2) is 25.8 Å². The van der Waals surface area contributed by atoms with Crippen LogP contribution in [0.5, 0.6) is 0 Å². The zero-order chi connectivity index (χ0) is 12.5. The molecule has 1 aromatic rings. The summed E-state index contributed by atoms with van der Waals surface area (Å²) >= 11 is 0. The maximum absolute atomic E-state index is 11.9. The van der Waals surface area contributed by atoms with Gasteiger partial charge in [0.1, 0.15) is 0 Å². The first kappa shape index (κ1) is 12.1. The van der Waals surface area contributed by atoms with E-state index in [2.05, 4.69) is 5.32 Å². The van der Waals surface area contributed by atoms with Crippen molar-refractivity contribution >= 4 is 21.4 Å². The summed E-state index contributed by atoms with van der Waals surface area (Å²) in [5.41, 5.74) is 1.73. The molecule has 2 rings (SSSR count). The minimum Gasteiger partial charge on any atom is -0.326 e. The Kier molecular flexibility index (Phi) is 3.19. The van der Waals surface area contributed by atoms with Crippen LogP contribution in [0, 0.1) is 12.8 Å². The van der Waals surface area contributed by atoms with Gasteiger partial charge in [-0.25, -0.2) is 8.42 Å². The van der Waals surface area contributed by atoms with Gasteiger partial charge in [-0.3, -0.25) is 4.79 Å². The fourth-order valence-electron chi connectivity index (χ4n) is 1.95. The second kappa shape index (κ2) is 4.49. The molecule has 1 amide bonds. The third-order valence-electron chi connectivity index (χ3n) is 3.01. The summed E-state index contributed by atoms with van der Waals surface area (Å²) in [5.74, 6) is -0.496. The predicted octanol–water partition coefficient (Wildman–Crippen LogP) is 1.37. The van der Waals surface area contributed by atoms with Crippen LogP contribution < -0.4 is 5.32 Å². The second-order valence-corrected chi connectivity index (χ2v) is 6.63. The molecule has 17 heavy (non-hydrogen) atoms. The molecule has 4 nitrogen and oxygen atoms in total. The smallest absolute Gasteiger partial charge is 0.228 e. The molecule has 0 aliphatic carbocycles. The highest BCUT2D eigenvalue weighted by atomic mass is 32.2. The molecule has 1 aromatic carbocycles. The number of rotatable bonds is 2. The molecule has 0 spiro atoms. The van der Waals surface area contributed by atoms with Gasteiger partial charge in [-0.1, -0.05) is 18.2 Å². The number of sulfone groups is 1. The van der Waals surface area contributed by atoms with Gasteiger partial charge in [-0.05, 0) is 25.0 Å². The van der Waals surface area contributed by atoms with Crippen LogP contribution in [0.15, 0.2) is 24.3 Å². The fraction of sp³-hybridized carbons (Fsp3) is 0.417. The molecule has 1 atom stereocenters. The van der Waals surface area contributed by atoms with E-state index >= 15 is 0 Å². The Hall–Kier alpha value is -1.36. The molecule has 0 aromatic heterocycles. The van der Waals surface area contributed by atoms with Crippen LogP contribution in [0.3, 0.4) is 0 Å². The number of aryl methyl sites for hydroxylation is 1. The summed E-state index contributed by atoms with van der Waals surface area (Å²) < 4.78 is 22.6. The van der Waals surface area contributed by atoms with Crippen molar-refractivity contribution in [3.63, 3.8) is 0 Å². The summed E-state index contributed by atoms with van der Waals surface area (Å²) in [7, 11) is -3.00. The normalized spacial score (nSPS) is 22.3. The number of carbonyl (C=O) groups is 1. The molecule has 1 aliphatic rings. The van der Waals surface area contributed by atoms with Crippen molar-refractivity contribution in [3.8, 4) is 0 Å². The molecule has 1 N–H and O–H groups in total. The van der Waals surface area contributed by atoms with Crippen molar-refractivity contribution in [2.75, 3.05) is 16.8 Å². The average molecular weight is 253 g/mol. The van der Waals surface area contributed by atoms with Crippen LogP contribution in [0.2, 0.25) is 0 Å². The number of nitrogens with one attached hydrogen (secondary N) is 1. The Morgan fingerprint density at radius 3 is 2.65 bits per heavy atom. The van der Waals surface area contributed by atoms with Gasteiger partial charge in [0, 0.05) is 5.69 Å². The van der Waals surface area contributed by atoms with Gasteiger partial charge in [-0.2, -0.15) is 0 Å². The number of carbonyl (C=O) groups excluding carboxylic acids is 1. The number of benzene rings is 1. The van der Waals surface area contributed by atoms with E-state index in [1.54, 1.807) is 0 Å². The summed E-state index contributed by atoms with van der Waals surface area (Å²) in [4.78, 5) is 11.9. The monoisotopic (exact) mass is 253 g/mol. The highest BCUT2D eigenvalue weighted by molar-refractivity contribution is 7.91. The number of amides is 1. The highest BCUT2D eigenvalue weighted by Gasteiger charge is 2.32. The lowest BCUT2D eigenvalue weighted by Crippen LogP contribution is -2.24. The van der Waals surface area contributed by atoms with E-state index in [-0.39, 0.29) is 17.4 Å². The van der Waals surface area contributed by atoms with Crippen molar-refractivity contribution in [2.24, 2.45) is 5.92 Å². The van der Waals surface area contributed by atoms with E-state index in [4.69, 9.17) is 0 Å². The maximum Gasteiger partial charge on any atom is 0.228 e. The lowest BCUT2D eigenvalue weighted by molar-refractivity contribution is -0.119. The molecule has 1 heterocycles. The van der Waals surface area contributed by atoms with E-state index in [1.807, 2.05) is 31.2 Å². The van der Waals surface area contributed by atoms with Crippen LogP contribution in [0.25, 0.3) is 0 Å². The number of anilines is 1. The van der Waals surface area contributed by atoms with Gasteiger partial charge in [0.25, 0.3) is 0 Å². The van der Waals surface area contributed by atoms with E-state index < -0.39 is 15.8 Å². The van der Waals surface area contributed by atoms with E-state index in [0.29, 0.717) is 6.42 Å². The number of para-hydroxylation sites is 1. The van der Waals surface area contributed by atoms with Gasteiger partial charge in [0.15, 0.2) is 9.84 Å². The summed E-state index contributed by atoms with van der Waals surface area (Å²) in [5, 5.41) is 2.79. The quantitative estimate of drug-likeness (QED) is 0.865. The van der Waals surface area contributed by atoms with Gasteiger partial charge >= 0.3 is 0 Å². The van der Waals surface area contributed by atoms with Gasteiger partial charge in [0.05, 0.1) is 17.4 Å². The largest absolute Gasteiger partial charge is 0.326 e. The molecule has 1 saturated heterocycles. The van der Waals surface area contributed by atoms with Gasteiger partial charge in [0.2, 0.25) is 5.91 Å². The van der Waals surface area contributed by atoms with Crippen molar-refractivity contribution in [2.45, 2.75) is 13.3 Å². The Balaban J connectivity index is 2.06.